The second-order valence-electron chi connectivity index (χ2n) is 5.87. The van der Waals surface area contributed by atoms with Crippen molar-refractivity contribution in [1.29, 1.82) is 0 Å². The molecule has 0 radical (unpaired) electrons. The van der Waals surface area contributed by atoms with E-state index in [0.29, 0.717) is 23.6 Å². The second-order valence-corrected chi connectivity index (χ2v) is 6.74. The van der Waals surface area contributed by atoms with E-state index < -0.39 is 0 Å². The zero-order chi connectivity index (χ0) is 19.2. The van der Waals surface area contributed by atoms with Gasteiger partial charge in [0.2, 0.25) is 5.91 Å². The number of amides is 1. The lowest BCUT2D eigenvalue weighted by molar-refractivity contribution is -0.116. The number of anilines is 1. The van der Waals surface area contributed by atoms with Crippen molar-refractivity contribution in [1.82, 2.24) is 14.5 Å². The van der Waals surface area contributed by atoms with Crippen molar-refractivity contribution < 1.29 is 4.79 Å². The number of benzene rings is 1. The van der Waals surface area contributed by atoms with E-state index in [0.717, 1.165) is 10.5 Å². The molecular weight excluding hydrogens is 360 g/mol. The van der Waals surface area contributed by atoms with Gasteiger partial charge in [-0.25, -0.2) is 4.98 Å². The Bertz CT molecular complexity index is 1000. The van der Waals surface area contributed by atoms with Crippen molar-refractivity contribution in [3.05, 3.63) is 70.9 Å². The molecule has 0 atom stereocenters. The molecule has 27 heavy (non-hydrogen) atoms. The zero-order valence-electron chi connectivity index (χ0n) is 15.2. The SMILES string of the molecule is CCc1cc(=O)n(CC(=O)Nc2cccc(SC)c2)c(-c2ccncc2)n1. The van der Waals surface area contributed by atoms with Crippen molar-refractivity contribution in [3.63, 3.8) is 0 Å². The maximum atomic E-state index is 12.6. The van der Waals surface area contributed by atoms with Crippen LogP contribution in [0.15, 0.2) is 64.5 Å². The minimum absolute atomic E-state index is 0.114. The number of aromatic nitrogens is 3. The van der Waals surface area contributed by atoms with E-state index in [4.69, 9.17) is 0 Å². The summed E-state index contributed by atoms with van der Waals surface area (Å²) >= 11 is 1.60. The molecule has 2 aromatic heterocycles. The van der Waals surface area contributed by atoms with Gasteiger partial charge in [0.1, 0.15) is 12.4 Å². The van der Waals surface area contributed by atoms with Crippen LogP contribution in [0.1, 0.15) is 12.6 Å². The van der Waals surface area contributed by atoms with Crippen LogP contribution >= 0.6 is 11.8 Å². The van der Waals surface area contributed by atoms with Gasteiger partial charge in [0.05, 0.1) is 0 Å². The number of rotatable bonds is 6. The molecule has 3 rings (SSSR count). The number of carbonyl (C=O) groups excluding carboxylic acids is 1. The molecule has 1 N–H and O–H groups in total. The molecule has 0 fully saturated rings. The molecule has 7 heteroatoms. The third-order valence-corrected chi connectivity index (χ3v) is 4.74. The average Bonchev–Trinajstić information content (AvgIpc) is 2.70. The lowest BCUT2D eigenvalue weighted by Gasteiger charge is -2.13. The Kier molecular flexibility index (Phi) is 6.03. The van der Waals surface area contributed by atoms with Crippen LogP contribution in [0.3, 0.4) is 0 Å². The van der Waals surface area contributed by atoms with Gasteiger partial charge >= 0.3 is 0 Å². The third-order valence-electron chi connectivity index (χ3n) is 4.02. The Hall–Kier alpha value is -2.93. The summed E-state index contributed by atoms with van der Waals surface area (Å²) in [5.41, 5.74) is 1.89. The van der Waals surface area contributed by atoms with Gasteiger partial charge in [0.25, 0.3) is 5.56 Å². The smallest absolute Gasteiger partial charge is 0.254 e. The molecule has 0 bridgehead atoms. The lowest BCUT2D eigenvalue weighted by Crippen LogP contribution is -2.30. The summed E-state index contributed by atoms with van der Waals surface area (Å²) in [7, 11) is 0. The molecule has 0 saturated heterocycles. The summed E-state index contributed by atoms with van der Waals surface area (Å²) in [6.07, 6.45) is 5.89. The first kappa shape index (κ1) is 18.8. The van der Waals surface area contributed by atoms with Crippen LogP contribution in [0.25, 0.3) is 11.4 Å². The first-order valence-corrected chi connectivity index (χ1v) is 9.78. The molecular formula is C20H20N4O2S. The standard InChI is InChI=1S/C20H20N4O2S/c1-3-15-12-19(26)24(20(23-15)14-7-9-21-10-8-14)13-18(25)22-16-5-4-6-17(11-16)27-2/h4-12H,3,13H2,1-2H3,(H,22,25). The highest BCUT2D eigenvalue weighted by molar-refractivity contribution is 7.98. The van der Waals surface area contributed by atoms with Gasteiger partial charge in [-0.1, -0.05) is 13.0 Å². The van der Waals surface area contributed by atoms with Crippen LogP contribution in [0, 0.1) is 0 Å². The fourth-order valence-electron chi connectivity index (χ4n) is 2.65. The van der Waals surface area contributed by atoms with E-state index in [9.17, 15) is 9.59 Å². The van der Waals surface area contributed by atoms with Crippen LogP contribution < -0.4 is 10.9 Å². The molecule has 0 saturated carbocycles. The zero-order valence-corrected chi connectivity index (χ0v) is 16.0. The van der Waals surface area contributed by atoms with Crippen molar-refractivity contribution in [2.75, 3.05) is 11.6 Å². The normalized spacial score (nSPS) is 10.6. The number of aryl methyl sites for hydroxylation is 1. The summed E-state index contributed by atoms with van der Waals surface area (Å²) in [6.45, 7) is 1.82. The van der Waals surface area contributed by atoms with Gasteiger partial charge in [0, 0.05) is 40.3 Å². The first-order chi connectivity index (χ1) is 13.1. The number of carbonyl (C=O) groups is 1. The quantitative estimate of drug-likeness (QED) is 0.665. The average molecular weight is 380 g/mol. The van der Waals surface area contributed by atoms with Crippen molar-refractivity contribution in [3.8, 4) is 11.4 Å². The van der Waals surface area contributed by atoms with Gasteiger partial charge in [-0.05, 0) is 43.0 Å². The van der Waals surface area contributed by atoms with Crippen molar-refractivity contribution in [2.24, 2.45) is 0 Å². The van der Waals surface area contributed by atoms with E-state index in [2.05, 4.69) is 15.3 Å². The molecule has 3 aromatic rings. The molecule has 0 aliphatic carbocycles. The molecule has 0 aliphatic rings. The number of hydrogen-bond acceptors (Lipinski definition) is 5. The number of hydrogen-bond donors (Lipinski definition) is 1. The molecule has 0 unspecified atom stereocenters. The maximum Gasteiger partial charge on any atom is 0.254 e. The molecule has 1 amide bonds. The molecule has 6 nitrogen and oxygen atoms in total. The predicted octanol–water partition coefficient (Wildman–Crippen LogP) is 3.23. The topological polar surface area (TPSA) is 76.9 Å². The van der Waals surface area contributed by atoms with Gasteiger partial charge in [-0.15, -0.1) is 11.8 Å². The molecule has 2 heterocycles. The van der Waals surface area contributed by atoms with Gasteiger partial charge < -0.3 is 5.32 Å². The highest BCUT2D eigenvalue weighted by atomic mass is 32.2. The minimum atomic E-state index is -0.281. The van der Waals surface area contributed by atoms with E-state index in [-0.39, 0.29) is 18.0 Å². The molecule has 1 aromatic carbocycles. The highest BCUT2D eigenvalue weighted by Crippen LogP contribution is 2.19. The third kappa shape index (κ3) is 4.62. The summed E-state index contributed by atoms with van der Waals surface area (Å²) in [4.78, 5) is 34.8. The van der Waals surface area contributed by atoms with Crippen LogP contribution in [-0.4, -0.2) is 26.7 Å². The van der Waals surface area contributed by atoms with Crippen LogP contribution in [0.4, 0.5) is 5.69 Å². The van der Waals surface area contributed by atoms with Gasteiger partial charge in [-0.3, -0.25) is 19.1 Å². The molecule has 0 spiro atoms. The van der Waals surface area contributed by atoms with Gasteiger partial charge in [-0.2, -0.15) is 0 Å². The highest BCUT2D eigenvalue weighted by Gasteiger charge is 2.14. The van der Waals surface area contributed by atoms with E-state index in [1.807, 2.05) is 37.4 Å². The summed E-state index contributed by atoms with van der Waals surface area (Å²) in [5.74, 6) is 0.187. The number of pyridine rings is 1. The minimum Gasteiger partial charge on any atom is -0.324 e. The van der Waals surface area contributed by atoms with Crippen LogP contribution in [0.5, 0.6) is 0 Å². The fraction of sp³-hybridized carbons (Fsp3) is 0.200. The second kappa shape index (κ2) is 8.64. The molecule has 138 valence electrons. The molecule has 0 aliphatic heterocycles. The Balaban J connectivity index is 1.91. The van der Waals surface area contributed by atoms with Crippen LogP contribution in [-0.2, 0) is 17.8 Å². The first-order valence-electron chi connectivity index (χ1n) is 8.55. The summed E-state index contributed by atoms with van der Waals surface area (Å²) in [6, 6.07) is 12.6. The largest absolute Gasteiger partial charge is 0.324 e. The van der Waals surface area contributed by atoms with Crippen LogP contribution in [0.2, 0.25) is 0 Å². The Morgan fingerprint density at radius 1 is 1.19 bits per heavy atom. The fourth-order valence-corrected chi connectivity index (χ4v) is 3.11. The van der Waals surface area contributed by atoms with E-state index in [1.165, 1.54) is 10.6 Å². The van der Waals surface area contributed by atoms with E-state index in [1.54, 1.807) is 36.3 Å². The number of nitrogens with zero attached hydrogens (tertiary/aromatic N) is 3. The predicted molar refractivity (Wildman–Crippen MR) is 108 cm³/mol. The van der Waals surface area contributed by atoms with Crippen molar-refractivity contribution >= 4 is 23.4 Å². The van der Waals surface area contributed by atoms with E-state index >= 15 is 0 Å². The Labute approximate surface area is 161 Å². The monoisotopic (exact) mass is 380 g/mol. The maximum absolute atomic E-state index is 12.6. The van der Waals surface area contributed by atoms with Crippen molar-refractivity contribution in [2.45, 2.75) is 24.8 Å². The Morgan fingerprint density at radius 2 is 1.96 bits per heavy atom. The lowest BCUT2D eigenvalue weighted by atomic mass is 10.2. The Morgan fingerprint density at radius 3 is 2.67 bits per heavy atom. The van der Waals surface area contributed by atoms with Gasteiger partial charge in [0.15, 0.2) is 0 Å². The summed E-state index contributed by atoms with van der Waals surface area (Å²) < 4.78 is 1.39. The number of nitrogens with one attached hydrogen (secondary N) is 1. The number of thioether (sulfide) groups is 1. The summed E-state index contributed by atoms with van der Waals surface area (Å²) in [5, 5.41) is 2.85.